The van der Waals surface area contributed by atoms with Gasteiger partial charge in [0.2, 0.25) is 0 Å². The van der Waals surface area contributed by atoms with Crippen molar-refractivity contribution < 1.29 is 0 Å². The lowest BCUT2D eigenvalue weighted by Crippen LogP contribution is -2.49. The van der Waals surface area contributed by atoms with Crippen LogP contribution in [0, 0.1) is 12.8 Å². The summed E-state index contributed by atoms with van der Waals surface area (Å²) in [5, 5.41) is 0. The first-order chi connectivity index (χ1) is 12.8. The Bertz CT molecular complexity index is 928. The fourth-order valence-electron chi connectivity index (χ4n) is 4.43. The number of piperidine rings is 1. The van der Waals surface area contributed by atoms with Crippen LogP contribution < -0.4 is 9.80 Å². The van der Waals surface area contributed by atoms with E-state index in [-0.39, 0.29) is 0 Å². The molecule has 1 aromatic carbocycles. The molecule has 2 aliphatic rings. The maximum absolute atomic E-state index is 4.96. The molecule has 0 N–H and O–H groups in total. The summed E-state index contributed by atoms with van der Waals surface area (Å²) in [4.78, 5) is 23.1. The van der Waals surface area contributed by atoms with Crippen LogP contribution in [0.3, 0.4) is 0 Å². The highest BCUT2D eigenvalue weighted by Crippen LogP contribution is 2.36. The highest BCUT2D eigenvalue weighted by atomic mass is 15.3. The molecule has 5 rings (SSSR count). The first kappa shape index (κ1) is 15.5. The first-order valence-corrected chi connectivity index (χ1v) is 9.30. The molecule has 2 saturated heterocycles. The molecule has 2 atom stereocenters. The Morgan fingerprint density at radius 2 is 1.81 bits per heavy atom. The molecular formula is C20H22N6. The number of benzene rings is 1. The van der Waals surface area contributed by atoms with Crippen LogP contribution in [0.1, 0.15) is 18.5 Å². The quantitative estimate of drug-likeness (QED) is 0.711. The number of rotatable bonds is 2. The molecule has 0 spiro atoms. The van der Waals surface area contributed by atoms with E-state index < -0.39 is 0 Å². The zero-order chi connectivity index (χ0) is 17.5. The number of aromatic nitrogens is 4. The number of fused-ring (bicyclic) bond motifs is 2. The van der Waals surface area contributed by atoms with Gasteiger partial charge in [-0.25, -0.2) is 19.9 Å². The van der Waals surface area contributed by atoms with Gasteiger partial charge in [0.1, 0.15) is 12.1 Å². The van der Waals surface area contributed by atoms with Crippen molar-refractivity contribution in [2.24, 2.45) is 5.92 Å². The average molecular weight is 346 g/mol. The van der Waals surface area contributed by atoms with Crippen molar-refractivity contribution in [3.8, 4) is 0 Å². The monoisotopic (exact) mass is 346 g/mol. The zero-order valence-corrected chi connectivity index (χ0v) is 14.9. The topological polar surface area (TPSA) is 58.0 Å². The van der Waals surface area contributed by atoms with E-state index in [9.17, 15) is 0 Å². The Labute approximate surface area is 152 Å². The maximum Gasteiger partial charge on any atom is 0.151 e. The third-order valence-corrected chi connectivity index (χ3v) is 5.74. The number of anilines is 2. The lowest BCUT2D eigenvalue weighted by atomic mass is 9.92. The average Bonchev–Trinajstić information content (AvgIpc) is 3.11. The summed E-state index contributed by atoms with van der Waals surface area (Å²) in [6, 6.07) is 10.6. The SMILES string of the molecule is Cc1nc2ccccc2nc1N1CCC2CCN(c3ccncn3)CC21. The molecule has 0 bridgehead atoms. The smallest absolute Gasteiger partial charge is 0.151 e. The van der Waals surface area contributed by atoms with Crippen LogP contribution in [0.4, 0.5) is 11.6 Å². The number of para-hydroxylation sites is 2. The van der Waals surface area contributed by atoms with Crippen molar-refractivity contribution in [2.45, 2.75) is 25.8 Å². The molecule has 0 aliphatic carbocycles. The molecule has 2 unspecified atom stereocenters. The normalized spacial score (nSPS) is 22.7. The largest absolute Gasteiger partial charge is 0.354 e. The summed E-state index contributed by atoms with van der Waals surface area (Å²) < 4.78 is 0. The Morgan fingerprint density at radius 3 is 2.62 bits per heavy atom. The standard InChI is InChI=1S/C20H22N6/c1-14-20(24-17-5-3-2-4-16(17)23-14)26-11-8-15-7-10-25(12-18(15)26)19-6-9-21-13-22-19/h2-6,9,13,15,18H,7-8,10-12H2,1H3. The molecule has 2 aliphatic heterocycles. The van der Waals surface area contributed by atoms with Gasteiger partial charge in [-0.3, -0.25) is 0 Å². The van der Waals surface area contributed by atoms with Gasteiger partial charge >= 0.3 is 0 Å². The van der Waals surface area contributed by atoms with Gasteiger partial charge in [0, 0.05) is 25.8 Å². The van der Waals surface area contributed by atoms with Gasteiger partial charge in [0.15, 0.2) is 5.82 Å². The van der Waals surface area contributed by atoms with E-state index in [0.29, 0.717) is 6.04 Å². The van der Waals surface area contributed by atoms with Crippen LogP contribution in [0.5, 0.6) is 0 Å². The minimum absolute atomic E-state index is 0.466. The molecule has 3 aromatic rings. The van der Waals surface area contributed by atoms with Crippen molar-refractivity contribution in [1.82, 2.24) is 19.9 Å². The molecule has 2 aromatic heterocycles. The van der Waals surface area contributed by atoms with Crippen LogP contribution in [0.25, 0.3) is 11.0 Å². The van der Waals surface area contributed by atoms with Crippen molar-refractivity contribution >= 4 is 22.7 Å². The lowest BCUT2D eigenvalue weighted by Gasteiger charge is -2.39. The van der Waals surface area contributed by atoms with Gasteiger partial charge in [0.25, 0.3) is 0 Å². The van der Waals surface area contributed by atoms with Crippen molar-refractivity contribution in [3.63, 3.8) is 0 Å². The van der Waals surface area contributed by atoms with Crippen LogP contribution in [-0.4, -0.2) is 45.6 Å². The van der Waals surface area contributed by atoms with Crippen LogP contribution in [0.2, 0.25) is 0 Å². The van der Waals surface area contributed by atoms with E-state index in [1.54, 1.807) is 6.33 Å². The van der Waals surface area contributed by atoms with E-state index in [2.05, 4.69) is 26.7 Å². The summed E-state index contributed by atoms with van der Waals surface area (Å²) in [5.41, 5.74) is 2.96. The second-order valence-corrected chi connectivity index (χ2v) is 7.23. The molecule has 132 valence electrons. The van der Waals surface area contributed by atoms with Crippen molar-refractivity contribution in [3.05, 3.63) is 48.5 Å². The molecule has 2 fully saturated rings. The minimum Gasteiger partial charge on any atom is -0.354 e. The molecular weight excluding hydrogens is 324 g/mol. The minimum atomic E-state index is 0.466. The lowest BCUT2D eigenvalue weighted by molar-refractivity contribution is 0.388. The summed E-state index contributed by atoms with van der Waals surface area (Å²) in [6.45, 7) is 5.18. The third kappa shape index (κ3) is 2.57. The fraction of sp³-hybridized carbons (Fsp3) is 0.400. The molecule has 0 amide bonds. The van der Waals surface area contributed by atoms with E-state index in [1.165, 1.54) is 12.8 Å². The molecule has 4 heterocycles. The first-order valence-electron chi connectivity index (χ1n) is 9.30. The predicted octanol–water partition coefficient (Wildman–Crippen LogP) is 2.83. The van der Waals surface area contributed by atoms with Crippen LogP contribution in [0.15, 0.2) is 42.9 Å². The highest BCUT2D eigenvalue weighted by molar-refractivity contribution is 5.76. The molecule has 0 radical (unpaired) electrons. The summed E-state index contributed by atoms with van der Waals surface area (Å²) >= 11 is 0. The Balaban J connectivity index is 1.47. The molecule has 0 saturated carbocycles. The van der Waals surface area contributed by atoms with Gasteiger partial charge in [-0.15, -0.1) is 0 Å². The van der Waals surface area contributed by atoms with Crippen molar-refractivity contribution in [2.75, 3.05) is 29.4 Å². The van der Waals surface area contributed by atoms with Gasteiger partial charge < -0.3 is 9.80 Å². The second kappa shape index (κ2) is 6.20. The number of hydrogen-bond donors (Lipinski definition) is 0. The Hall–Kier alpha value is -2.76. The molecule has 6 nitrogen and oxygen atoms in total. The van der Waals surface area contributed by atoms with Crippen molar-refractivity contribution in [1.29, 1.82) is 0 Å². The number of aryl methyl sites for hydroxylation is 1. The van der Waals surface area contributed by atoms with Gasteiger partial charge in [-0.1, -0.05) is 12.1 Å². The van der Waals surface area contributed by atoms with Gasteiger partial charge in [-0.05, 0) is 43.9 Å². The van der Waals surface area contributed by atoms with Crippen LogP contribution >= 0.6 is 0 Å². The Kier molecular flexibility index (Phi) is 3.69. The van der Waals surface area contributed by atoms with Gasteiger partial charge in [-0.2, -0.15) is 0 Å². The zero-order valence-electron chi connectivity index (χ0n) is 14.9. The van der Waals surface area contributed by atoms with E-state index in [1.807, 2.05) is 36.5 Å². The van der Waals surface area contributed by atoms with E-state index >= 15 is 0 Å². The second-order valence-electron chi connectivity index (χ2n) is 7.23. The number of hydrogen-bond acceptors (Lipinski definition) is 6. The molecule has 26 heavy (non-hydrogen) atoms. The van der Waals surface area contributed by atoms with Gasteiger partial charge in [0.05, 0.1) is 22.8 Å². The van der Waals surface area contributed by atoms with E-state index in [0.717, 1.165) is 53.9 Å². The van der Waals surface area contributed by atoms with Crippen LogP contribution in [-0.2, 0) is 0 Å². The Morgan fingerprint density at radius 1 is 1.00 bits per heavy atom. The predicted molar refractivity (Wildman–Crippen MR) is 102 cm³/mol. The summed E-state index contributed by atoms with van der Waals surface area (Å²) in [7, 11) is 0. The third-order valence-electron chi connectivity index (χ3n) is 5.74. The maximum atomic E-state index is 4.96. The number of nitrogens with zero attached hydrogens (tertiary/aromatic N) is 6. The summed E-state index contributed by atoms with van der Waals surface area (Å²) in [5.74, 6) is 2.79. The highest BCUT2D eigenvalue weighted by Gasteiger charge is 2.40. The van der Waals surface area contributed by atoms with E-state index in [4.69, 9.17) is 9.97 Å². The fourth-order valence-corrected chi connectivity index (χ4v) is 4.43. The molecule has 6 heteroatoms. The summed E-state index contributed by atoms with van der Waals surface area (Å²) in [6.07, 6.45) is 5.88.